The molecule has 6 nitrogen and oxygen atoms in total. The number of carbonyl (C=O) groups is 1. The average Bonchev–Trinajstić information content (AvgIpc) is 3.46. The summed E-state index contributed by atoms with van der Waals surface area (Å²) in [5.41, 5.74) is 2.91. The van der Waals surface area contributed by atoms with Gasteiger partial charge in [0.2, 0.25) is 5.91 Å². The number of hydrogen-bond donors (Lipinski definition) is 0. The second kappa shape index (κ2) is 5.90. The third kappa shape index (κ3) is 2.22. The SMILES string of the molecule is O=C1C[C@H]2N(Cc3cccc4ccnn34)CC[C@]23O[C@@H](c2ccccc2)CN13. The maximum atomic E-state index is 12.8. The van der Waals surface area contributed by atoms with Crippen molar-refractivity contribution in [3.8, 4) is 0 Å². The molecule has 0 unspecified atom stereocenters. The number of carbonyl (C=O) groups excluding carboxylic acids is 1. The molecule has 0 saturated carbocycles. The normalized spacial score (nSPS) is 29.6. The first kappa shape index (κ1) is 16.3. The number of ether oxygens (including phenoxy) is 1. The topological polar surface area (TPSA) is 50.1 Å². The van der Waals surface area contributed by atoms with E-state index in [1.54, 1.807) is 0 Å². The van der Waals surface area contributed by atoms with Crippen molar-refractivity contribution in [3.05, 3.63) is 72.1 Å². The number of nitrogens with zero attached hydrogens (tertiary/aromatic N) is 4. The van der Waals surface area contributed by atoms with Gasteiger partial charge in [-0.3, -0.25) is 9.69 Å². The third-order valence-electron chi connectivity index (χ3n) is 6.58. The van der Waals surface area contributed by atoms with Crippen LogP contribution in [0.4, 0.5) is 0 Å². The molecule has 3 atom stereocenters. The summed E-state index contributed by atoms with van der Waals surface area (Å²) < 4.78 is 8.62. The van der Waals surface area contributed by atoms with Gasteiger partial charge in [0.1, 0.15) is 6.10 Å². The number of benzene rings is 1. The third-order valence-corrected chi connectivity index (χ3v) is 6.58. The second-order valence-corrected chi connectivity index (χ2v) is 7.99. The summed E-state index contributed by atoms with van der Waals surface area (Å²) in [5, 5.41) is 4.46. The van der Waals surface area contributed by atoms with E-state index in [2.05, 4.69) is 40.3 Å². The van der Waals surface area contributed by atoms with Crippen LogP contribution in [0.1, 0.15) is 30.2 Å². The number of hydrogen-bond acceptors (Lipinski definition) is 4. The van der Waals surface area contributed by atoms with Crippen molar-refractivity contribution in [3.63, 3.8) is 0 Å². The van der Waals surface area contributed by atoms with Crippen molar-refractivity contribution in [2.75, 3.05) is 13.1 Å². The fraction of sp³-hybridized carbons (Fsp3) is 0.364. The van der Waals surface area contributed by atoms with Crippen LogP contribution in [0.25, 0.3) is 5.52 Å². The molecule has 3 aliphatic rings. The van der Waals surface area contributed by atoms with E-state index in [-0.39, 0.29) is 18.1 Å². The molecule has 0 radical (unpaired) electrons. The molecule has 5 heterocycles. The van der Waals surface area contributed by atoms with Crippen molar-refractivity contribution in [2.24, 2.45) is 0 Å². The van der Waals surface area contributed by atoms with E-state index >= 15 is 0 Å². The lowest BCUT2D eigenvalue weighted by atomic mass is 10.1. The highest BCUT2D eigenvalue weighted by atomic mass is 16.5. The Balaban J connectivity index is 1.30. The highest BCUT2D eigenvalue weighted by molar-refractivity contribution is 5.81. The molecule has 142 valence electrons. The molecule has 3 fully saturated rings. The van der Waals surface area contributed by atoms with Gasteiger partial charge < -0.3 is 9.64 Å². The number of rotatable bonds is 3. The maximum absolute atomic E-state index is 12.8. The molecule has 0 bridgehead atoms. The van der Waals surface area contributed by atoms with Gasteiger partial charge in [-0.15, -0.1) is 0 Å². The van der Waals surface area contributed by atoms with Gasteiger partial charge in [0.05, 0.1) is 23.8 Å². The van der Waals surface area contributed by atoms with Gasteiger partial charge in [-0.1, -0.05) is 36.4 Å². The van der Waals surface area contributed by atoms with Crippen LogP contribution >= 0.6 is 0 Å². The molecule has 1 amide bonds. The molecule has 6 heteroatoms. The van der Waals surface area contributed by atoms with Crippen LogP contribution in [0.15, 0.2) is 60.8 Å². The molecule has 1 aromatic carbocycles. The minimum atomic E-state index is -0.477. The van der Waals surface area contributed by atoms with Crippen molar-refractivity contribution in [1.82, 2.24) is 19.4 Å². The molecule has 1 spiro atoms. The molecule has 3 saturated heterocycles. The highest BCUT2D eigenvalue weighted by Crippen LogP contribution is 2.50. The molecular formula is C22H22N4O2. The van der Waals surface area contributed by atoms with Crippen LogP contribution in [0.2, 0.25) is 0 Å². The number of aromatic nitrogens is 2. The lowest BCUT2D eigenvalue weighted by molar-refractivity contribution is -0.138. The minimum Gasteiger partial charge on any atom is -0.344 e. The van der Waals surface area contributed by atoms with Crippen LogP contribution in [0, 0.1) is 0 Å². The van der Waals surface area contributed by atoms with Gasteiger partial charge >= 0.3 is 0 Å². The summed E-state index contributed by atoms with van der Waals surface area (Å²) in [6.07, 6.45) is 3.19. The van der Waals surface area contributed by atoms with E-state index in [0.717, 1.165) is 36.3 Å². The Kier molecular flexibility index (Phi) is 3.43. The van der Waals surface area contributed by atoms with Crippen LogP contribution in [0.3, 0.4) is 0 Å². The summed E-state index contributed by atoms with van der Waals surface area (Å²) >= 11 is 0. The van der Waals surface area contributed by atoms with Crippen LogP contribution in [-0.2, 0) is 16.1 Å². The molecule has 0 N–H and O–H groups in total. The van der Waals surface area contributed by atoms with Crippen LogP contribution in [0.5, 0.6) is 0 Å². The molecule has 6 rings (SSSR count). The lowest BCUT2D eigenvalue weighted by Crippen LogP contribution is -2.47. The summed E-state index contributed by atoms with van der Waals surface area (Å²) in [6, 6.07) is 18.6. The van der Waals surface area contributed by atoms with Crippen LogP contribution in [-0.4, -0.2) is 50.2 Å². The smallest absolute Gasteiger partial charge is 0.226 e. The van der Waals surface area contributed by atoms with Crippen molar-refractivity contribution in [2.45, 2.75) is 37.3 Å². The average molecular weight is 374 g/mol. The first-order valence-electron chi connectivity index (χ1n) is 9.93. The minimum absolute atomic E-state index is 0.0394. The Morgan fingerprint density at radius 1 is 1.11 bits per heavy atom. The molecule has 3 aromatic rings. The monoisotopic (exact) mass is 374 g/mol. The Morgan fingerprint density at radius 2 is 2.00 bits per heavy atom. The Hall–Kier alpha value is -2.70. The Morgan fingerprint density at radius 3 is 2.89 bits per heavy atom. The van der Waals surface area contributed by atoms with E-state index < -0.39 is 5.72 Å². The summed E-state index contributed by atoms with van der Waals surface area (Å²) in [5.74, 6) is 0.213. The highest BCUT2D eigenvalue weighted by Gasteiger charge is 2.63. The first-order chi connectivity index (χ1) is 13.7. The van der Waals surface area contributed by atoms with Crippen molar-refractivity contribution < 1.29 is 9.53 Å². The standard InChI is InChI=1S/C22H22N4O2/c27-21-13-20-22(25(21)15-19(28-22)16-5-2-1-3-6-16)10-12-24(20)14-18-8-4-7-17-9-11-23-26(17)18/h1-9,11,19-20H,10,12-15H2/t19-,20-,22+/m1/s1. The fourth-order valence-electron chi connectivity index (χ4n) is 5.27. The predicted molar refractivity (Wildman–Crippen MR) is 103 cm³/mol. The van der Waals surface area contributed by atoms with E-state index in [1.165, 1.54) is 0 Å². The van der Waals surface area contributed by atoms with Gasteiger partial charge in [0, 0.05) is 32.1 Å². The van der Waals surface area contributed by atoms with Crippen molar-refractivity contribution >= 4 is 11.4 Å². The zero-order chi connectivity index (χ0) is 18.7. The van der Waals surface area contributed by atoms with Gasteiger partial charge in [-0.25, -0.2) is 4.52 Å². The van der Waals surface area contributed by atoms with Gasteiger partial charge in [-0.2, -0.15) is 5.10 Å². The number of likely N-dealkylation sites (tertiary alicyclic amines) is 1. The fourth-order valence-corrected chi connectivity index (χ4v) is 5.27. The largest absolute Gasteiger partial charge is 0.344 e. The summed E-state index contributed by atoms with van der Waals surface area (Å²) in [6.45, 7) is 2.35. The Labute approximate surface area is 163 Å². The first-order valence-corrected chi connectivity index (χ1v) is 9.93. The summed E-state index contributed by atoms with van der Waals surface area (Å²) in [7, 11) is 0. The van der Waals surface area contributed by atoms with E-state index in [1.807, 2.05) is 39.9 Å². The van der Waals surface area contributed by atoms with Gasteiger partial charge in [0.25, 0.3) is 0 Å². The molecular weight excluding hydrogens is 352 g/mol. The van der Waals surface area contributed by atoms with Crippen LogP contribution < -0.4 is 0 Å². The predicted octanol–water partition coefficient (Wildman–Crippen LogP) is 2.61. The van der Waals surface area contributed by atoms with Gasteiger partial charge in [0.15, 0.2) is 5.72 Å². The van der Waals surface area contributed by atoms with Gasteiger partial charge in [-0.05, 0) is 23.8 Å². The number of amides is 1. The second-order valence-electron chi connectivity index (χ2n) is 7.99. The quantitative estimate of drug-likeness (QED) is 0.707. The zero-order valence-corrected chi connectivity index (χ0v) is 15.6. The molecule has 3 aliphatic heterocycles. The number of pyridine rings is 1. The van der Waals surface area contributed by atoms with E-state index in [0.29, 0.717) is 13.0 Å². The van der Waals surface area contributed by atoms with E-state index in [9.17, 15) is 4.79 Å². The molecule has 2 aromatic heterocycles. The van der Waals surface area contributed by atoms with Crippen molar-refractivity contribution in [1.29, 1.82) is 0 Å². The molecule has 28 heavy (non-hydrogen) atoms. The maximum Gasteiger partial charge on any atom is 0.226 e. The Bertz CT molecular complexity index is 1050. The zero-order valence-electron chi connectivity index (χ0n) is 15.6. The summed E-state index contributed by atoms with van der Waals surface area (Å²) in [4.78, 5) is 17.2. The lowest BCUT2D eigenvalue weighted by Gasteiger charge is -2.32. The van der Waals surface area contributed by atoms with E-state index in [4.69, 9.17) is 4.74 Å². The number of fused-ring (bicyclic) bond motifs is 1. The molecule has 0 aliphatic carbocycles.